The zero-order valence-corrected chi connectivity index (χ0v) is 16.7. The van der Waals surface area contributed by atoms with Crippen molar-refractivity contribution in [3.63, 3.8) is 0 Å². The number of benzene rings is 2. The van der Waals surface area contributed by atoms with Gasteiger partial charge >= 0.3 is 0 Å². The van der Waals surface area contributed by atoms with E-state index in [1.807, 2.05) is 6.92 Å². The summed E-state index contributed by atoms with van der Waals surface area (Å²) in [5.74, 6) is 0.629. The minimum absolute atomic E-state index is 0.411. The first-order valence-electron chi connectivity index (χ1n) is 8.11. The van der Waals surface area contributed by atoms with Gasteiger partial charge in [0.05, 0.1) is 25.0 Å². The highest BCUT2D eigenvalue weighted by atomic mass is 35.5. The fraction of sp³-hybridized carbons (Fsp3) is 0.263. The molecule has 8 heteroatoms. The third-order valence-corrected chi connectivity index (χ3v) is 4.19. The zero-order chi connectivity index (χ0) is 19.8. The number of ether oxygens (including phenoxy) is 3. The molecule has 6 nitrogen and oxygen atoms in total. The maximum atomic E-state index is 12.3. The van der Waals surface area contributed by atoms with Crippen LogP contribution in [0.2, 0.25) is 10.0 Å². The number of methoxy groups -OCH3 is 2. The van der Waals surface area contributed by atoms with Crippen LogP contribution in [0.5, 0.6) is 11.5 Å². The van der Waals surface area contributed by atoms with Gasteiger partial charge in [0, 0.05) is 23.8 Å². The van der Waals surface area contributed by atoms with Crippen molar-refractivity contribution in [2.45, 2.75) is 13.0 Å². The van der Waals surface area contributed by atoms with E-state index >= 15 is 0 Å². The molecule has 0 bridgehead atoms. The third kappa shape index (κ3) is 5.60. The molecule has 1 N–H and O–H groups in total. The summed E-state index contributed by atoms with van der Waals surface area (Å²) < 4.78 is 16.0. The highest BCUT2D eigenvalue weighted by Crippen LogP contribution is 2.32. The van der Waals surface area contributed by atoms with Gasteiger partial charge in [0.2, 0.25) is 0 Å². The molecule has 0 aliphatic heterocycles. The molecule has 0 aliphatic rings. The number of hydrogen-bond acceptors (Lipinski definition) is 5. The lowest BCUT2D eigenvalue weighted by Crippen LogP contribution is -2.26. The SMILES string of the molecule is CCOc1cc(/C=N/NC(=O)C(OC)c2ccc(Cl)cc2)c(Cl)cc1OC. The molecule has 0 saturated heterocycles. The average molecular weight is 411 g/mol. The first kappa shape index (κ1) is 21.0. The van der Waals surface area contributed by atoms with Crippen LogP contribution < -0.4 is 14.9 Å². The Hall–Kier alpha value is -2.28. The van der Waals surface area contributed by atoms with Gasteiger partial charge in [-0.25, -0.2) is 5.43 Å². The lowest BCUT2D eigenvalue weighted by molar-refractivity contribution is -0.131. The summed E-state index contributed by atoms with van der Waals surface area (Å²) in [6, 6.07) is 10.1. The number of carbonyl (C=O) groups is 1. The third-order valence-electron chi connectivity index (χ3n) is 3.61. The molecular formula is C19H20Cl2N2O4. The van der Waals surface area contributed by atoms with Gasteiger partial charge in [-0.15, -0.1) is 0 Å². The molecule has 27 heavy (non-hydrogen) atoms. The van der Waals surface area contributed by atoms with Crippen LogP contribution in [0.3, 0.4) is 0 Å². The van der Waals surface area contributed by atoms with Gasteiger partial charge in [-0.1, -0.05) is 35.3 Å². The lowest BCUT2D eigenvalue weighted by atomic mass is 10.1. The van der Waals surface area contributed by atoms with E-state index in [1.165, 1.54) is 20.4 Å². The van der Waals surface area contributed by atoms with Gasteiger partial charge < -0.3 is 14.2 Å². The fourth-order valence-corrected chi connectivity index (χ4v) is 2.66. The number of hydrogen-bond donors (Lipinski definition) is 1. The van der Waals surface area contributed by atoms with Gasteiger partial charge in [-0.3, -0.25) is 4.79 Å². The predicted molar refractivity (Wildman–Crippen MR) is 106 cm³/mol. The monoisotopic (exact) mass is 410 g/mol. The summed E-state index contributed by atoms with van der Waals surface area (Å²) in [7, 11) is 2.97. The molecule has 2 rings (SSSR count). The van der Waals surface area contributed by atoms with Crippen LogP contribution in [0.4, 0.5) is 0 Å². The first-order valence-corrected chi connectivity index (χ1v) is 8.87. The van der Waals surface area contributed by atoms with Gasteiger partial charge in [0.1, 0.15) is 0 Å². The largest absolute Gasteiger partial charge is 0.493 e. The molecule has 0 aromatic heterocycles. The molecule has 0 spiro atoms. The van der Waals surface area contributed by atoms with Gasteiger partial charge in [-0.2, -0.15) is 5.10 Å². The highest BCUT2D eigenvalue weighted by Gasteiger charge is 2.19. The number of halogens is 2. The summed E-state index contributed by atoms with van der Waals surface area (Å²) in [5, 5.41) is 4.95. The molecule has 1 unspecified atom stereocenters. The Morgan fingerprint density at radius 2 is 1.89 bits per heavy atom. The number of carbonyl (C=O) groups excluding carboxylic acids is 1. The van der Waals surface area contributed by atoms with Crippen LogP contribution in [-0.2, 0) is 9.53 Å². The van der Waals surface area contributed by atoms with Gasteiger partial charge in [0.15, 0.2) is 17.6 Å². The van der Waals surface area contributed by atoms with Crippen LogP contribution in [0.25, 0.3) is 0 Å². The number of nitrogens with one attached hydrogen (secondary N) is 1. The lowest BCUT2D eigenvalue weighted by Gasteiger charge is -2.14. The second-order valence-corrected chi connectivity index (χ2v) is 6.20. The molecule has 2 aromatic carbocycles. The Balaban J connectivity index is 2.12. The van der Waals surface area contributed by atoms with E-state index in [1.54, 1.807) is 36.4 Å². The second-order valence-electron chi connectivity index (χ2n) is 5.36. The van der Waals surface area contributed by atoms with E-state index in [9.17, 15) is 4.79 Å². The topological polar surface area (TPSA) is 69.2 Å². The van der Waals surface area contributed by atoms with Gasteiger partial charge in [0.25, 0.3) is 5.91 Å². The van der Waals surface area contributed by atoms with E-state index < -0.39 is 12.0 Å². The highest BCUT2D eigenvalue weighted by molar-refractivity contribution is 6.33. The number of nitrogens with zero attached hydrogens (tertiary/aromatic N) is 1. The van der Waals surface area contributed by atoms with Crippen molar-refractivity contribution in [3.8, 4) is 11.5 Å². The van der Waals surface area contributed by atoms with Crippen LogP contribution in [0.1, 0.15) is 24.2 Å². The van der Waals surface area contributed by atoms with E-state index in [0.29, 0.717) is 39.3 Å². The maximum Gasteiger partial charge on any atom is 0.273 e. The Kier molecular flexibility index (Phi) is 7.91. The first-order chi connectivity index (χ1) is 13.0. The summed E-state index contributed by atoms with van der Waals surface area (Å²) in [5.41, 5.74) is 3.68. The molecule has 0 radical (unpaired) electrons. The second kappa shape index (κ2) is 10.2. The molecule has 0 heterocycles. The van der Waals surface area contributed by atoms with Crippen molar-refractivity contribution in [1.29, 1.82) is 0 Å². The molecule has 1 atom stereocenters. The number of hydrazone groups is 1. The van der Waals surface area contributed by atoms with Crippen molar-refractivity contribution in [1.82, 2.24) is 5.43 Å². The maximum absolute atomic E-state index is 12.3. The Bertz CT molecular complexity index is 810. The van der Waals surface area contributed by atoms with E-state index in [2.05, 4.69) is 10.5 Å². The van der Waals surface area contributed by atoms with Crippen molar-refractivity contribution in [2.75, 3.05) is 20.8 Å². The van der Waals surface area contributed by atoms with Crippen LogP contribution >= 0.6 is 23.2 Å². The molecule has 144 valence electrons. The van der Waals surface area contributed by atoms with Gasteiger partial charge in [-0.05, 0) is 30.7 Å². The Labute approximate surface area is 168 Å². The normalized spacial score (nSPS) is 12.0. The Morgan fingerprint density at radius 1 is 1.19 bits per heavy atom. The summed E-state index contributed by atoms with van der Waals surface area (Å²) >= 11 is 12.1. The van der Waals surface area contributed by atoms with Crippen molar-refractivity contribution in [2.24, 2.45) is 5.10 Å². The standard InChI is InChI=1S/C19H20Cl2N2O4/c1-4-27-17-9-13(15(21)10-16(17)25-2)11-22-23-19(24)18(26-3)12-5-7-14(20)8-6-12/h5-11,18H,4H2,1-3H3,(H,23,24)/b22-11+. The smallest absolute Gasteiger partial charge is 0.273 e. The van der Waals surface area contributed by atoms with Crippen LogP contribution in [0, 0.1) is 0 Å². The molecule has 0 saturated carbocycles. The van der Waals surface area contributed by atoms with E-state index in [0.717, 1.165) is 0 Å². The fourth-order valence-electron chi connectivity index (χ4n) is 2.33. The van der Waals surface area contributed by atoms with E-state index in [4.69, 9.17) is 37.4 Å². The average Bonchev–Trinajstić information content (AvgIpc) is 2.66. The van der Waals surface area contributed by atoms with Crippen molar-refractivity contribution in [3.05, 3.63) is 57.6 Å². The zero-order valence-electron chi connectivity index (χ0n) is 15.2. The Morgan fingerprint density at radius 3 is 2.48 bits per heavy atom. The molecule has 0 aliphatic carbocycles. The number of amides is 1. The number of rotatable bonds is 8. The summed E-state index contributed by atoms with van der Waals surface area (Å²) in [6.07, 6.45) is 0.612. The molecule has 1 amide bonds. The summed E-state index contributed by atoms with van der Waals surface area (Å²) in [6.45, 7) is 2.34. The molecule has 2 aromatic rings. The molecular weight excluding hydrogens is 391 g/mol. The van der Waals surface area contributed by atoms with Crippen molar-refractivity contribution < 1.29 is 19.0 Å². The molecule has 0 fully saturated rings. The minimum atomic E-state index is -0.815. The van der Waals surface area contributed by atoms with Crippen LogP contribution in [-0.4, -0.2) is 32.9 Å². The van der Waals surface area contributed by atoms with E-state index in [-0.39, 0.29) is 0 Å². The van der Waals surface area contributed by atoms with Crippen LogP contribution in [0.15, 0.2) is 41.5 Å². The minimum Gasteiger partial charge on any atom is -0.493 e. The summed E-state index contributed by atoms with van der Waals surface area (Å²) in [4.78, 5) is 12.3. The van der Waals surface area contributed by atoms with Crippen molar-refractivity contribution >= 4 is 35.3 Å². The quantitative estimate of drug-likeness (QED) is 0.521. The predicted octanol–water partition coefficient (Wildman–Crippen LogP) is 4.24.